The second-order valence-electron chi connectivity index (χ2n) is 20.1. The summed E-state index contributed by atoms with van der Waals surface area (Å²) in [5.41, 5.74) is 11.1. The molecule has 2 aromatic heterocycles. The number of alkyl halides is 1. The first-order valence-electron chi connectivity index (χ1n) is 24.4. The highest BCUT2D eigenvalue weighted by molar-refractivity contribution is 5.96. The fraction of sp³-hybridized carbons (Fsp3) is 0.473. The molecule has 1 unspecified atom stereocenters. The number of halogens is 1. The number of ether oxygens (including phenoxy) is 3. The molecule has 0 saturated carbocycles. The van der Waals surface area contributed by atoms with Crippen molar-refractivity contribution in [3.63, 3.8) is 0 Å². The molecule has 14 heteroatoms. The molecule has 3 aromatic carbocycles. The van der Waals surface area contributed by atoms with Gasteiger partial charge >= 0.3 is 5.97 Å². The summed E-state index contributed by atoms with van der Waals surface area (Å²) in [7, 11) is 3.28. The van der Waals surface area contributed by atoms with Gasteiger partial charge in [-0.05, 0) is 109 Å². The Labute approximate surface area is 405 Å². The fourth-order valence-corrected chi connectivity index (χ4v) is 10.6. The number of fused-ring (bicyclic) bond motifs is 6. The van der Waals surface area contributed by atoms with Crippen LogP contribution in [0.3, 0.4) is 0 Å². The SMILES string of the molecule is CCn1c(-c2cccnc2[C@H](C)OC)c2c3cc(ccc31)-c1cc(CF)cc(c1)C[C@H](NC(=O)C(C(C)C)N(C)C(=O)[C@@H]1OCC[C@@H]1c1ccccc1)C(=O)N1CCC[C@H](N1)C(=O)OCC(C)(C)C2. The maximum atomic E-state index is 15.0. The van der Waals surface area contributed by atoms with Crippen LogP contribution in [-0.2, 0) is 59.4 Å². The first-order valence-corrected chi connectivity index (χ1v) is 24.4. The summed E-state index contributed by atoms with van der Waals surface area (Å²) in [6.07, 6.45) is 2.87. The predicted molar refractivity (Wildman–Crippen MR) is 263 cm³/mol. The number of aryl methyl sites for hydroxylation is 1. The first-order chi connectivity index (χ1) is 33.1. The van der Waals surface area contributed by atoms with E-state index in [2.05, 4.69) is 54.3 Å². The number of pyridine rings is 1. The van der Waals surface area contributed by atoms with Crippen molar-refractivity contribution < 1.29 is 37.8 Å². The summed E-state index contributed by atoms with van der Waals surface area (Å²) in [5.74, 6) is -2.30. The molecule has 8 rings (SSSR count). The third kappa shape index (κ3) is 10.3. The van der Waals surface area contributed by atoms with Crippen LogP contribution in [0.1, 0.15) is 101 Å². The minimum Gasteiger partial charge on any atom is -0.464 e. The molecule has 6 atom stereocenters. The van der Waals surface area contributed by atoms with Crippen LogP contribution in [0.25, 0.3) is 33.3 Å². The predicted octanol–water partition coefficient (Wildman–Crippen LogP) is 8.27. The van der Waals surface area contributed by atoms with Crippen molar-refractivity contribution in [1.29, 1.82) is 0 Å². The van der Waals surface area contributed by atoms with Gasteiger partial charge in [0.05, 0.1) is 24.1 Å². The maximum Gasteiger partial charge on any atom is 0.324 e. The second kappa shape index (κ2) is 21.0. The van der Waals surface area contributed by atoms with Crippen LogP contribution in [0.15, 0.2) is 85.1 Å². The number of amides is 3. The summed E-state index contributed by atoms with van der Waals surface area (Å²) < 4.78 is 35.3. The van der Waals surface area contributed by atoms with E-state index in [1.165, 1.54) is 9.91 Å². The molecule has 366 valence electrons. The zero-order valence-corrected chi connectivity index (χ0v) is 41.2. The number of esters is 1. The summed E-state index contributed by atoms with van der Waals surface area (Å²) in [4.78, 5) is 64.1. The van der Waals surface area contributed by atoms with Crippen molar-refractivity contribution in [3.8, 4) is 22.4 Å². The van der Waals surface area contributed by atoms with Gasteiger partial charge in [-0.25, -0.2) is 9.82 Å². The molecule has 3 amide bonds. The largest absolute Gasteiger partial charge is 0.464 e. The third-order valence-corrected chi connectivity index (χ3v) is 14.1. The molecule has 2 N–H and O–H groups in total. The Kier molecular flexibility index (Phi) is 15.0. The number of aromatic nitrogens is 2. The topological polar surface area (TPSA) is 144 Å². The maximum absolute atomic E-state index is 15.0. The van der Waals surface area contributed by atoms with Gasteiger partial charge < -0.3 is 29.0 Å². The Morgan fingerprint density at radius 2 is 1.80 bits per heavy atom. The van der Waals surface area contributed by atoms with Crippen LogP contribution in [0.4, 0.5) is 4.39 Å². The molecule has 69 heavy (non-hydrogen) atoms. The van der Waals surface area contributed by atoms with E-state index in [0.717, 1.165) is 50.1 Å². The summed E-state index contributed by atoms with van der Waals surface area (Å²) in [6.45, 7) is 12.7. The van der Waals surface area contributed by atoms with Crippen LogP contribution in [0.5, 0.6) is 0 Å². The highest BCUT2D eigenvalue weighted by Gasteiger charge is 2.42. The highest BCUT2D eigenvalue weighted by Crippen LogP contribution is 2.42. The fourth-order valence-electron chi connectivity index (χ4n) is 10.6. The van der Waals surface area contributed by atoms with E-state index >= 15 is 4.39 Å². The van der Waals surface area contributed by atoms with Crippen molar-refractivity contribution in [1.82, 2.24) is 30.2 Å². The number of rotatable bonds is 11. The Morgan fingerprint density at radius 3 is 2.52 bits per heavy atom. The molecule has 0 radical (unpaired) electrons. The molecule has 5 heterocycles. The molecule has 5 aromatic rings. The zero-order valence-electron chi connectivity index (χ0n) is 41.2. The van der Waals surface area contributed by atoms with Gasteiger partial charge in [0.25, 0.3) is 11.8 Å². The van der Waals surface area contributed by atoms with Crippen LogP contribution in [0, 0.1) is 11.3 Å². The Morgan fingerprint density at radius 1 is 1.01 bits per heavy atom. The average molecular weight is 943 g/mol. The number of carbonyl (C=O) groups is 4. The van der Waals surface area contributed by atoms with E-state index in [1.54, 1.807) is 26.4 Å². The third-order valence-electron chi connectivity index (χ3n) is 14.1. The molecular weight excluding hydrogens is 876 g/mol. The molecule has 0 aliphatic carbocycles. The Balaban J connectivity index is 1.21. The van der Waals surface area contributed by atoms with Gasteiger partial charge in [-0.2, -0.15) is 0 Å². The average Bonchev–Trinajstić information content (AvgIpc) is 3.97. The standard InChI is InChI=1S/C55H67FN6O7/c1-9-61-46-20-19-38-29-42(46)43(49(61)41-17-13-22-57-47(41)34(4)67-8)30-55(5,6)32-69-54(66)44-18-14-23-62(59-44)52(64)45(28-35-25-36(31-56)27-39(38)26-35)58-51(63)48(33(2)3)60(7)53(65)50-40(21-24-68-50)37-15-11-10-12-16-37/h10-13,15-17,19-20,22,25-27,29,33-34,40,44-45,48,50,59H,9,14,18,21,23-24,28,30-32H2,1-8H3,(H,58,63)/t34-,40+,44-,45-,48?,50+/m0/s1. The highest BCUT2D eigenvalue weighted by atomic mass is 19.1. The smallest absolute Gasteiger partial charge is 0.324 e. The van der Waals surface area contributed by atoms with Gasteiger partial charge in [0.15, 0.2) is 0 Å². The van der Waals surface area contributed by atoms with E-state index in [4.69, 9.17) is 19.2 Å². The van der Waals surface area contributed by atoms with Crippen LogP contribution in [-0.4, -0.2) is 101 Å². The Bertz CT molecular complexity index is 2690. The van der Waals surface area contributed by atoms with Gasteiger partial charge in [-0.1, -0.05) is 76.2 Å². The lowest BCUT2D eigenvalue weighted by Crippen LogP contribution is -2.62. The number of methoxy groups -OCH3 is 1. The van der Waals surface area contributed by atoms with Crippen molar-refractivity contribution in [2.45, 2.75) is 123 Å². The quantitative estimate of drug-likeness (QED) is 0.125. The molecule has 0 spiro atoms. The molecule has 2 saturated heterocycles. The lowest BCUT2D eigenvalue weighted by Gasteiger charge is -2.37. The summed E-state index contributed by atoms with van der Waals surface area (Å²) in [5, 5.41) is 5.45. The molecule has 13 nitrogen and oxygen atoms in total. The summed E-state index contributed by atoms with van der Waals surface area (Å²) >= 11 is 0. The first kappa shape index (κ1) is 49.5. The van der Waals surface area contributed by atoms with Gasteiger partial charge in [-0.3, -0.25) is 29.2 Å². The molecule has 3 aliphatic heterocycles. The number of nitrogens with zero attached hydrogens (tertiary/aromatic N) is 4. The van der Waals surface area contributed by atoms with Crippen molar-refractivity contribution >= 4 is 34.6 Å². The second-order valence-corrected chi connectivity index (χ2v) is 20.1. The van der Waals surface area contributed by atoms with Crippen molar-refractivity contribution in [2.75, 3.05) is 33.9 Å². The van der Waals surface area contributed by atoms with Gasteiger partial charge in [0.2, 0.25) is 5.91 Å². The van der Waals surface area contributed by atoms with E-state index in [0.29, 0.717) is 50.0 Å². The number of hydrogen-bond donors (Lipinski definition) is 2. The molecular formula is C55H67FN6O7. The monoisotopic (exact) mass is 943 g/mol. The number of nitrogens with one attached hydrogen (secondary N) is 2. The lowest BCUT2D eigenvalue weighted by molar-refractivity contribution is -0.155. The van der Waals surface area contributed by atoms with Crippen LogP contribution in [0.2, 0.25) is 0 Å². The number of likely N-dealkylation sites (N-methyl/N-ethyl adjacent to an activating group) is 1. The van der Waals surface area contributed by atoms with E-state index < -0.39 is 54.1 Å². The zero-order chi connectivity index (χ0) is 49.1. The number of hydrazine groups is 1. The van der Waals surface area contributed by atoms with Crippen molar-refractivity contribution in [2.24, 2.45) is 11.3 Å². The molecule has 3 aliphatic rings. The summed E-state index contributed by atoms with van der Waals surface area (Å²) in [6, 6.07) is 22.6. The lowest BCUT2D eigenvalue weighted by atomic mass is 9.84. The number of cyclic esters (lactones) is 1. The number of benzene rings is 3. The van der Waals surface area contributed by atoms with E-state index in [-0.39, 0.29) is 43.4 Å². The van der Waals surface area contributed by atoms with Gasteiger partial charge in [-0.15, -0.1) is 0 Å². The molecule has 6 bridgehead atoms. The van der Waals surface area contributed by atoms with Crippen LogP contribution >= 0.6 is 0 Å². The Hall–Kier alpha value is -5.96. The minimum atomic E-state index is -1.16. The van der Waals surface area contributed by atoms with Crippen molar-refractivity contribution in [3.05, 3.63) is 113 Å². The number of carbonyl (C=O) groups excluding carboxylic acids is 4. The van der Waals surface area contributed by atoms with E-state index in [9.17, 15) is 19.2 Å². The minimum absolute atomic E-state index is 0.00249. The van der Waals surface area contributed by atoms with Gasteiger partial charge in [0.1, 0.15) is 30.9 Å². The number of hydrogen-bond acceptors (Lipinski definition) is 9. The normalized spacial score (nSPS) is 21.7. The molecule has 2 fully saturated rings. The van der Waals surface area contributed by atoms with Gasteiger partial charge in [0, 0.05) is 74.3 Å². The van der Waals surface area contributed by atoms with E-state index in [1.807, 2.05) is 75.4 Å². The van der Waals surface area contributed by atoms with Crippen LogP contribution < -0.4 is 10.7 Å².